The van der Waals surface area contributed by atoms with E-state index in [0.717, 1.165) is 0 Å². The van der Waals surface area contributed by atoms with Crippen molar-refractivity contribution in [3.05, 3.63) is 39.8 Å². The second-order valence-electron chi connectivity index (χ2n) is 3.69. The van der Waals surface area contributed by atoms with Crippen LogP contribution in [0.25, 0.3) is 10.4 Å². The highest BCUT2D eigenvalue weighted by Gasteiger charge is 2.22. The molecule has 0 spiro atoms. The molecular formula is C11H13N3O5. The Morgan fingerprint density at radius 1 is 1.53 bits per heavy atom. The van der Waals surface area contributed by atoms with E-state index in [1.807, 2.05) is 0 Å². The molecule has 3 N–H and O–H groups in total. The summed E-state index contributed by atoms with van der Waals surface area (Å²) in [5.74, 6) is -0.932. The summed E-state index contributed by atoms with van der Waals surface area (Å²) in [6.45, 7) is -0.362. The van der Waals surface area contributed by atoms with Crippen LogP contribution in [-0.4, -0.2) is 41.0 Å². The topological polar surface area (TPSA) is 136 Å². The fraction of sp³-hybridized carbons (Fsp3) is 0.364. The van der Waals surface area contributed by atoms with E-state index in [-0.39, 0.29) is 23.4 Å². The number of methoxy groups -OCH3 is 1. The lowest BCUT2D eigenvalue weighted by Crippen LogP contribution is -2.21. The molecule has 0 aliphatic heterocycles. The van der Waals surface area contributed by atoms with E-state index in [4.69, 9.17) is 5.53 Å². The summed E-state index contributed by atoms with van der Waals surface area (Å²) in [5, 5.41) is 32.1. The minimum absolute atomic E-state index is 0.0523. The number of phenols is 1. The van der Waals surface area contributed by atoms with Gasteiger partial charge in [-0.25, -0.2) is 4.79 Å². The number of hydrogen-bond donors (Lipinski definition) is 3. The van der Waals surface area contributed by atoms with Crippen LogP contribution in [0.1, 0.15) is 22.0 Å². The lowest BCUT2D eigenvalue weighted by atomic mass is 10.0. The highest BCUT2D eigenvalue weighted by molar-refractivity contribution is 5.89. The Kier molecular flexibility index (Phi) is 5.13. The Morgan fingerprint density at radius 3 is 2.79 bits per heavy atom. The molecule has 1 rings (SSSR count). The minimum Gasteiger partial charge on any atom is -0.508 e. The molecule has 0 saturated carbocycles. The maximum absolute atomic E-state index is 11.3. The Balaban J connectivity index is 3.04. The predicted molar refractivity (Wildman–Crippen MR) is 64.4 cm³/mol. The number of benzene rings is 1. The molecule has 19 heavy (non-hydrogen) atoms. The van der Waals surface area contributed by atoms with E-state index in [1.165, 1.54) is 25.3 Å². The van der Waals surface area contributed by atoms with Crippen molar-refractivity contribution in [2.75, 3.05) is 13.7 Å². The molecule has 0 amide bonds. The summed E-state index contributed by atoms with van der Waals surface area (Å²) in [7, 11) is 1.20. The van der Waals surface area contributed by atoms with Gasteiger partial charge < -0.3 is 20.1 Å². The van der Waals surface area contributed by atoms with Crippen molar-refractivity contribution in [1.82, 2.24) is 0 Å². The SMILES string of the molecule is COC(=O)c1ccc(O)c(C(O)C(O)CN=[N+]=[N-])c1. The first-order valence-electron chi connectivity index (χ1n) is 5.29. The van der Waals surface area contributed by atoms with Crippen molar-refractivity contribution in [2.45, 2.75) is 12.2 Å². The third-order valence-corrected chi connectivity index (χ3v) is 2.46. The van der Waals surface area contributed by atoms with Gasteiger partial charge in [-0.05, 0) is 23.7 Å². The molecule has 0 aromatic heterocycles. The number of aromatic hydroxyl groups is 1. The smallest absolute Gasteiger partial charge is 0.337 e. The van der Waals surface area contributed by atoms with E-state index < -0.39 is 18.2 Å². The second-order valence-corrected chi connectivity index (χ2v) is 3.69. The third-order valence-electron chi connectivity index (χ3n) is 2.46. The Hall–Kier alpha value is -2.28. The van der Waals surface area contributed by atoms with Crippen molar-refractivity contribution >= 4 is 5.97 Å². The van der Waals surface area contributed by atoms with Crippen LogP contribution in [0.4, 0.5) is 0 Å². The normalized spacial score (nSPS) is 13.2. The molecule has 0 fully saturated rings. The predicted octanol–water partition coefficient (Wildman–Crippen LogP) is 0.883. The van der Waals surface area contributed by atoms with Gasteiger partial charge in [-0.1, -0.05) is 5.11 Å². The molecule has 1 aromatic carbocycles. The Bertz CT molecular complexity index is 513. The third kappa shape index (κ3) is 3.59. The van der Waals surface area contributed by atoms with Crippen molar-refractivity contribution in [3.8, 4) is 5.75 Å². The number of phenolic OH excluding ortho intramolecular Hbond substituents is 1. The number of nitrogens with zero attached hydrogens (tertiary/aromatic N) is 3. The van der Waals surface area contributed by atoms with Crippen molar-refractivity contribution in [1.29, 1.82) is 0 Å². The van der Waals surface area contributed by atoms with Crippen LogP contribution in [0.3, 0.4) is 0 Å². The van der Waals surface area contributed by atoms with Gasteiger partial charge >= 0.3 is 5.97 Å². The monoisotopic (exact) mass is 267 g/mol. The van der Waals surface area contributed by atoms with Crippen LogP contribution in [-0.2, 0) is 4.74 Å². The Labute approximate surface area is 108 Å². The van der Waals surface area contributed by atoms with Crippen LogP contribution in [0.5, 0.6) is 5.75 Å². The molecule has 2 atom stereocenters. The highest BCUT2D eigenvalue weighted by atomic mass is 16.5. The van der Waals surface area contributed by atoms with Gasteiger partial charge in [-0.15, -0.1) is 0 Å². The van der Waals surface area contributed by atoms with Gasteiger partial charge in [0.1, 0.15) is 11.9 Å². The van der Waals surface area contributed by atoms with E-state index in [9.17, 15) is 20.1 Å². The number of aliphatic hydroxyl groups excluding tert-OH is 2. The minimum atomic E-state index is -1.49. The number of ether oxygens (including phenoxy) is 1. The number of rotatable bonds is 5. The molecule has 0 aliphatic carbocycles. The molecule has 8 heteroatoms. The lowest BCUT2D eigenvalue weighted by molar-refractivity contribution is 0.0229. The number of carbonyl (C=O) groups is 1. The van der Waals surface area contributed by atoms with Crippen LogP contribution in [0.15, 0.2) is 23.3 Å². The molecule has 0 aliphatic rings. The first-order valence-corrected chi connectivity index (χ1v) is 5.29. The molecule has 8 nitrogen and oxygen atoms in total. The van der Waals surface area contributed by atoms with E-state index in [1.54, 1.807) is 0 Å². The molecule has 102 valence electrons. The summed E-state index contributed by atoms with van der Waals surface area (Å²) in [6.07, 6.45) is -2.88. The molecule has 1 aromatic rings. The number of hydrogen-bond acceptors (Lipinski definition) is 6. The summed E-state index contributed by atoms with van der Waals surface area (Å²) in [4.78, 5) is 13.8. The second kappa shape index (κ2) is 6.60. The van der Waals surface area contributed by atoms with Crippen LogP contribution in [0.2, 0.25) is 0 Å². The summed E-state index contributed by atoms with van der Waals surface area (Å²) >= 11 is 0. The van der Waals surface area contributed by atoms with Gasteiger partial charge in [0, 0.05) is 10.5 Å². The molecule has 2 unspecified atom stereocenters. The number of esters is 1. The number of carbonyl (C=O) groups excluding carboxylic acids is 1. The largest absolute Gasteiger partial charge is 0.508 e. The molecule has 0 saturated heterocycles. The van der Waals surface area contributed by atoms with Crippen LogP contribution >= 0.6 is 0 Å². The lowest BCUT2D eigenvalue weighted by Gasteiger charge is -2.17. The quantitative estimate of drug-likeness (QED) is 0.315. The van der Waals surface area contributed by atoms with Gasteiger partial charge in [0.25, 0.3) is 0 Å². The molecule has 0 bridgehead atoms. The summed E-state index contributed by atoms with van der Waals surface area (Å²) < 4.78 is 4.50. The van der Waals surface area contributed by atoms with Gasteiger partial charge in [-0.2, -0.15) is 0 Å². The van der Waals surface area contributed by atoms with Crippen LogP contribution in [0, 0.1) is 0 Å². The first kappa shape index (κ1) is 14.8. The van der Waals surface area contributed by atoms with Gasteiger partial charge in [0.05, 0.1) is 25.3 Å². The zero-order valence-electron chi connectivity index (χ0n) is 10.1. The average Bonchev–Trinajstić information content (AvgIpc) is 2.43. The maximum Gasteiger partial charge on any atom is 0.337 e. The van der Waals surface area contributed by atoms with Gasteiger partial charge in [0.15, 0.2) is 0 Å². The van der Waals surface area contributed by atoms with Crippen molar-refractivity contribution < 1.29 is 24.9 Å². The zero-order chi connectivity index (χ0) is 14.4. The van der Waals surface area contributed by atoms with Crippen molar-refractivity contribution in [3.63, 3.8) is 0 Å². The number of aliphatic hydroxyl groups is 2. The van der Waals surface area contributed by atoms with Gasteiger partial charge in [0.2, 0.25) is 0 Å². The number of azide groups is 1. The zero-order valence-corrected chi connectivity index (χ0v) is 10.1. The molecule has 0 heterocycles. The molecule has 0 radical (unpaired) electrons. The summed E-state index contributed by atoms with van der Waals surface area (Å²) in [5.41, 5.74) is 8.19. The Morgan fingerprint density at radius 2 is 2.21 bits per heavy atom. The van der Waals surface area contributed by atoms with Crippen molar-refractivity contribution in [2.24, 2.45) is 5.11 Å². The highest BCUT2D eigenvalue weighted by Crippen LogP contribution is 2.28. The average molecular weight is 267 g/mol. The van der Waals surface area contributed by atoms with E-state index >= 15 is 0 Å². The standard InChI is InChI=1S/C11H13N3O5/c1-19-11(18)6-2-3-8(15)7(4-6)10(17)9(16)5-13-14-12/h2-4,9-10,15-17H,5H2,1H3. The fourth-order valence-corrected chi connectivity index (χ4v) is 1.46. The molecular weight excluding hydrogens is 254 g/mol. The van der Waals surface area contributed by atoms with Crippen LogP contribution < -0.4 is 0 Å². The van der Waals surface area contributed by atoms with E-state index in [2.05, 4.69) is 14.8 Å². The van der Waals surface area contributed by atoms with E-state index in [0.29, 0.717) is 0 Å². The van der Waals surface area contributed by atoms with Gasteiger partial charge in [-0.3, -0.25) is 0 Å². The summed E-state index contributed by atoms with van der Waals surface area (Å²) in [6, 6.07) is 3.72. The maximum atomic E-state index is 11.3. The fourth-order valence-electron chi connectivity index (χ4n) is 1.46. The first-order chi connectivity index (χ1) is 9.01.